The van der Waals surface area contributed by atoms with Crippen LogP contribution in [-0.2, 0) is 4.74 Å². The number of hydrogen-bond acceptors (Lipinski definition) is 4. The van der Waals surface area contributed by atoms with Crippen LogP contribution in [0.15, 0.2) is 6.20 Å². The van der Waals surface area contributed by atoms with Crippen molar-refractivity contribution in [2.75, 3.05) is 19.8 Å². The molecule has 0 aliphatic carbocycles. The van der Waals surface area contributed by atoms with Crippen LogP contribution < -0.4 is 5.32 Å². The van der Waals surface area contributed by atoms with Crippen LogP contribution in [0.1, 0.15) is 55.0 Å². The van der Waals surface area contributed by atoms with Crippen LogP contribution in [-0.4, -0.2) is 24.7 Å². The number of hydrogen-bond donors (Lipinski definition) is 1. The molecule has 1 aromatic rings. The Morgan fingerprint density at radius 2 is 2.29 bits per heavy atom. The van der Waals surface area contributed by atoms with E-state index in [0.717, 1.165) is 32.6 Å². The lowest BCUT2D eigenvalue weighted by Crippen LogP contribution is -2.18. The van der Waals surface area contributed by atoms with Gasteiger partial charge in [-0.15, -0.1) is 11.3 Å². The van der Waals surface area contributed by atoms with E-state index in [1.807, 2.05) is 17.5 Å². The van der Waals surface area contributed by atoms with E-state index >= 15 is 0 Å². The first-order valence-electron chi connectivity index (χ1n) is 6.58. The molecule has 3 nitrogen and oxygen atoms in total. The largest absolute Gasteiger partial charge is 0.381 e. The second-order valence-electron chi connectivity index (χ2n) is 4.66. The maximum Gasteiger partial charge on any atom is 0.0960 e. The molecule has 1 aromatic heterocycles. The maximum atomic E-state index is 5.39. The number of ether oxygens (including phenoxy) is 1. The summed E-state index contributed by atoms with van der Waals surface area (Å²) in [5.74, 6) is 0.626. The molecule has 2 rings (SSSR count). The Kier molecular flexibility index (Phi) is 4.95. The first kappa shape index (κ1) is 13.0. The van der Waals surface area contributed by atoms with Crippen molar-refractivity contribution in [2.24, 2.45) is 0 Å². The Morgan fingerprint density at radius 3 is 3.00 bits per heavy atom. The van der Waals surface area contributed by atoms with Crippen molar-refractivity contribution in [3.63, 3.8) is 0 Å². The molecule has 4 heteroatoms. The Hall–Kier alpha value is -0.450. The van der Waals surface area contributed by atoms with Crippen LogP contribution in [0.4, 0.5) is 0 Å². The Balaban J connectivity index is 1.94. The van der Waals surface area contributed by atoms with Crippen LogP contribution >= 0.6 is 11.3 Å². The van der Waals surface area contributed by atoms with Crippen LogP contribution in [0.5, 0.6) is 0 Å². The smallest absolute Gasteiger partial charge is 0.0960 e. The zero-order chi connectivity index (χ0) is 12.1. The van der Waals surface area contributed by atoms with E-state index in [-0.39, 0.29) is 0 Å². The van der Waals surface area contributed by atoms with Gasteiger partial charge in [-0.1, -0.05) is 6.92 Å². The summed E-state index contributed by atoms with van der Waals surface area (Å²) in [5.41, 5.74) is 0. The third-order valence-corrected chi connectivity index (χ3v) is 4.58. The molecule has 96 valence electrons. The van der Waals surface area contributed by atoms with Crippen molar-refractivity contribution in [1.29, 1.82) is 0 Å². The molecule has 1 unspecified atom stereocenters. The molecular weight excluding hydrogens is 232 g/mol. The topological polar surface area (TPSA) is 34.2 Å². The highest BCUT2D eigenvalue weighted by Crippen LogP contribution is 2.32. The normalized spacial score (nSPS) is 19.4. The van der Waals surface area contributed by atoms with E-state index in [1.165, 1.54) is 16.3 Å². The molecule has 0 spiro atoms. The Labute approximate surface area is 108 Å². The lowest BCUT2D eigenvalue weighted by atomic mass is 10.0. The molecule has 0 amide bonds. The molecule has 0 bridgehead atoms. The molecule has 17 heavy (non-hydrogen) atoms. The summed E-state index contributed by atoms with van der Waals surface area (Å²) in [5, 5.41) is 4.81. The van der Waals surface area contributed by atoms with Crippen LogP contribution in [0.25, 0.3) is 0 Å². The molecule has 1 fully saturated rings. The summed E-state index contributed by atoms with van der Waals surface area (Å²) < 4.78 is 5.39. The highest BCUT2D eigenvalue weighted by molar-refractivity contribution is 7.11. The van der Waals surface area contributed by atoms with Crippen molar-refractivity contribution < 1.29 is 4.74 Å². The fraction of sp³-hybridized carbons (Fsp3) is 0.769. The zero-order valence-electron chi connectivity index (χ0n) is 10.7. The zero-order valence-corrected chi connectivity index (χ0v) is 11.6. The third-order valence-electron chi connectivity index (χ3n) is 3.24. The molecule has 0 radical (unpaired) electrons. The third kappa shape index (κ3) is 3.50. The van der Waals surface area contributed by atoms with E-state index in [2.05, 4.69) is 24.1 Å². The van der Waals surface area contributed by atoms with Gasteiger partial charge in [0.1, 0.15) is 0 Å². The van der Waals surface area contributed by atoms with Crippen molar-refractivity contribution in [1.82, 2.24) is 10.3 Å². The summed E-state index contributed by atoms with van der Waals surface area (Å²) in [6.07, 6.45) is 5.48. The predicted molar refractivity (Wildman–Crippen MR) is 71.6 cm³/mol. The second kappa shape index (κ2) is 6.47. The minimum Gasteiger partial charge on any atom is -0.381 e. The van der Waals surface area contributed by atoms with Crippen molar-refractivity contribution in [3.8, 4) is 0 Å². The van der Waals surface area contributed by atoms with Gasteiger partial charge < -0.3 is 10.1 Å². The number of nitrogens with one attached hydrogen (secondary N) is 1. The minimum absolute atomic E-state index is 0.432. The quantitative estimate of drug-likeness (QED) is 0.876. The van der Waals surface area contributed by atoms with Crippen molar-refractivity contribution >= 4 is 11.3 Å². The fourth-order valence-corrected chi connectivity index (χ4v) is 3.21. The number of nitrogens with zero attached hydrogens (tertiary/aromatic N) is 1. The summed E-state index contributed by atoms with van der Waals surface area (Å²) >= 11 is 1.87. The monoisotopic (exact) mass is 254 g/mol. The lowest BCUT2D eigenvalue weighted by Gasteiger charge is -2.19. The predicted octanol–water partition coefficient (Wildman–Crippen LogP) is 3.10. The minimum atomic E-state index is 0.432. The summed E-state index contributed by atoms with van der Waals surface area (Å²) in [4.78, 5) is 5.95. The Morgan fingerprint density at radius 1 is 1.53 bits per heavy atom. The molecule has 1 saturated heterocycles. The number of aromatic nitrogens is 1. The van der Waals surface area contributed by atoms with Gasteiger partial charge in [-0.3, -0.25) is 0 Å². The van der Waals surface area contributed by atoms with E-state index in [1.54, 1.807) is 0 Å². The SMILES string of the molecule is CCCNC(C)c1cnc(C2CCOCC2)s1. The maximum absolute atomic E-state index is 5.39. The molecular formula is C13H22N2OS. The highest BCUT2D eigenvalue weighted by Gasteiger charge is 2.20. The van der Waals surface area contributed by atoms with E-state index in [4.69, 9.17) is 4.74 Å². The Bertz CT molecular complexity index is 334. The summed E-state index contributed by atoms with van der Waals surface area (Å²) in [7, 11) is 0. The molecule has 2 heterocycles. The summed E-state index contributed by atoms with van der Waals surface area (Å²) in [6.45, 7) is 7.27. The van der Waals surface area contributed by atoms with Gasteiger partial charge in [0.15, 0.2) is 0 Å². The van der Waals surface area contributed by atoms with E-state index in [0.29, 0.717) is 12.0 Å². The lowest BCUT2D eigenvalue weighted by molar-refractivity contribution is 0.0853. The first-order valence-corrected chi connectivity index (χ1v) is 7.39. The first-order chi connectivity index (χ1) is 8.31. The molecule has 1 aliphatic rings. The standard InChI is InChI=1S/C13H22N2OS/c1-3-6-14-10(2)12-9-15-13(17-12)11-4-7-16-8-5-11/h9-11,14H,3-8H2,1-2H3. The second-order valence-corrected chi connectivity index (χ2v) is 5.76. The highest BCUT2D eigenvalue weighted by atomic mass is 32.1. The molecule has 1 atom stereocenters. The van der Waals surface area contributed by atoms with Gasteiger partial charge in [0.05, 0.1) is 5.01 Å². The van der Waals surface area contributed by atoms with Gasteiger partial charge in [-0.25, -0.2) is 4.98 Å². The van der Waals surface area contributed by atoms with Gasteiger partial charge in [-0.2, -0.15) is 0 Å². The van der Waals surface area contributed by atoms with Gasteiger partial charge in [0, 0.05) is 36.2 Å². The van der Waals surface area contributed by atoms with Crippen LogP contribution in [0.3, 0.4) is 0 Å². The molecule has 0 aromatic carbocycles. The van der Waals surface area contributed by atoms with Gasteiger partial charge in [0.2, 0.25) is 0 Å². The molecule has 0 saturated carbocycles. The van der Waals surface area contributed by atoms with E-state index < -0.39 is 0 Å². The fourth-order valence-electron chi connectivity index (χ4n) is 2.10. The van der Waals surface area contributed by atoms with Crippen LogP contribution in [0, 0.1) is 0 Å². The molecule has 1 aliphatic heterocycles. The van der Waals surface area contributed by atoms with Gasteiger partial charge >= 0.3 is 0 Å². The number of rotatable bonds is 5. The molecule has 1 N–H and O–H groups in total. The summed E-state index contributed by atoms with van der Waals surface area (Å²) in [6, 6.07) is 0.432. The van der Waals surface area contributed by atoms with Crippen LogP contribution in [0.2, 0.25) is 0 Å². The average Bonchev–Trinajstić information content (AvgIpc) is 2.86. The van der Waals surface area contributed by atoms with E-state index in [9.17, 15) is 0 Å². The van der Waals surface area contributed by atoms with Crippen molar-refractivity contribution in [2.45, 2.75) is 45.1 Å². The van der Waals surface area contributed by atoms with Crippen molar-refractivity contribution in [3.05, 3.63) is 16.1 Å². The van der Waals surface area contributed by atoms with Gasteiger partial charge in [0.25, 0.3) is 0 Å². The van der Waals surface area contributed by atoms with Gasteiger partial charge in [-0.05, 0) is 32.7 Å². The average molecular weight is 254 g/mol. The number of thiazole rings is 1.